The number of aryl methyl sites for hydroxylation is 1. The number of hydrogen-bond donors (Lipinski definition) is 1. The summed E-state index contributed by atoms with van der Waals surface area (Å²) >= 11 is 0. The van der Waals surface area contributed by atoms with E-state index in [2.05, 4.69) is 10.3 Å². The number of carbonyl (C=O) groups excluding carboxylic acids is 1. The second-order valence-electron chi connectivity index (χ2n) is 5.61. The molecule has 0 spiro atoms. The number of nitrogens with one attached hydrogen (secondary N) is 1. The van der Waals surface area contributed by atoms with Gasteiger partial charge >= 0.3 is 5.69 Å². The molecule has 0 saturated heterocycles. The monoisotopic (exact) mass is 288 g/mol. The number of fused-ring (bicyclic) bond motifs is 1. The van der Waals surface area contributed by atoms with Gasteiger partial charge in [-0.15, -0.1) is 0 Å². The third-order valence-corrected chi connectivity index (χ3v) is 4.01. The Hall–Kier alpha value is -2.44. The van der Waals surface area contributed by atoms with Crippen LogP contribution in [0.5, 0.6) is 0 Å². The van der Waals surface area contributed by atoms with Gasteiger partial charge in [-0.3, -0.25) is 18.7 Å². The number of aromatic nitrogens is 3. The van der Waals surface area contributed by atoms with Crippen LogP contribution in [-0.2, 0) is 18.9 Å². The summed E-state index contributed by atoms with van der Waals surface area (Å²) in [6, 6.07) is 1.56. The van der Waals surface area contributed by atoms with Crippen LogP contribution >= 0.6 is 0 Å². The molecule has 3 rings (SSSR count). The van der Waals surface area contributed by atoms with E-state index in [1.165, 1.54) is 17.8 Å². The van der Waals surface area contributed by atoms with Gasteiger partial charge in [0.2, 0.25) is 5.91 Å². The first-order valence-corrected chi connectivity index (χ1v) is 6.76. The Balaban J connectivity index is 2.06. The molecular weight excluding hydrogens is 272 g/mol. The lowest BCUT2D eigenvalue weighted by Crippen LogP contribution is -2.37. The molecule has 0 aliphatic heterocycles. The Bertz CT molecular complexity index is 865. The Morgan fingerprint density at radius 1 is 1.33 bits per heavy atom. The van der Waals surface area contributed by atoms with Crippen LogP contribution in [0.15, 0.2) is 21.9 Å². The minimum atomic E-state index is -0.427. The molecule has 1 aliphatic carbocycles. The molecule has 7 nitrogen and oxygen atoms in total. The summed E-state index contributed by atoms with van der Waals surface area (Å²) in [6.45, 7) is 2.02. The number of amides is 1. The van der Waals surface area contributed by atoms with Gasteiger partial charge in [0.15, 0.2) is 0 Å². The molecule has 1 N–H and O–H groups in total. The Morgan fingerprint density at radius 3 is 2.62 bits per heavy atom. The van der Waals surface area contributed by atoms with Crippen molar-refractivity contribution in [3.8, 4) is 0 Å². The fourth-order valence-corrected chi connectivity index (χ4v) is 2.46. The smallest absolute Gasteiger partial charge is 0.324 e. The highest BCUT2D eigenvalue weighted by molar-refractivity contribution is 5.95. The molecule has 2 atom stereocenters. The van der Waals surface area contributed by atoms with Gasteiger partial charge in [-0.25, -0.2) is 9.78 Å². The van der Waals surface area contributed by atoms with Crippen molar-refractivity contribution in [2.45, 2.75) is 13.3 Å². The Labute approximate surface area is 120 Å². The zero-order chi connectivity index (χ0) is 15.3. The number of hydrogen-bond acceptors (Lipinski definition) is 4. The van der Waals surface area contributed by atoms with Gasteiger partial charge in [-0.05, 0) is 18.4 Å². The molecule has 1 amide bonds. The van der Waals surface area contributed by atoms with Crippen molar-refractivity contribution in [2.24, 2.45) is 25.9 Å². The second-order valence-corrected chi connectivity index (χ2v) is 5.61. The van der Waals surface area contributed by atoms with Gasteiger partial charge in [-0.1, -0.05) is 6.92 Å². The molecule has 1 saturated carbocycles. The van der Waals surface area contributed by atoms with Crippen molar-refractivity contribution in [3.63, 3.8) is 0 Å². The minimum absolute atomic E-state index is 0.0451. The first kappa shape index (κ1) is 13.5. The van der Waals surface area contributed by atoms with Gasteiger partial charge in [0.1, 0.15) is 5.65 Å². The van der Waals surface area contributed by atoms with E-state index in [9.17, 15) is 14.4 Å². The molecule has 1 aliphatic rings. The lowest BCUT2D eigenvalue weighted by atomic mass is 10.2. The zero-order valence-corrected chi connectivity index (χ0v) is 12.1. The van der Waals surface area contributed by atoms with E-state index in [1.54, 1.807) is 13.1 Å². The summed E-state index contributed by atoms with van der Waals surface area (Å²) in [6.07, 6.45) is 2.36. The van der Waals surface area contributed by atoms with Crippen molar-refractivity contribution < 1.29 is 4.79 Å². The van der Waals surface area contributed by atoms with Gasteiger partial charge in [-0.2, -0.15) is 0 Å². The van der Waals surface area contributed by atoms with Gasteiger partial charge in [0, 0.05) is 20.0 Å². The van der Waals surface area contributed by atoms with Crippen LogP contribution in [0.4, 0.5) is 5.69 Å². The van der Waals surface area contributed by atoms with E-state index >= 15 is 0 Å². The van der Waals surface area contributed by atoms with E-state index in [1.807, 2.05) is 6.92 Å². The summed E-state index contributed by atoms with van der Waals surface area (Å²) in [4.78, 5) is 40.0. The molecule has 2 aromatic heterocycles. The molecule has 0 radical (unpaired) electrons. The van der Waals surface area contributed by atoms with Crippen molar-refractivity contribution in [3.05, 3.63) is 33.1 Å². The third-order valence-electron chi connectivity index (χ3n) is 4.01. The van der Waals surface area contributed by atoms with E-state index in [0.29, 0.717) is 22.6 Å². The molecule has 1 fully saturated rings. The number of rotatable bonds is 2. The van der Waals surface area contributed by atoms with Crippen LogP contribution in [0.25, 0.3) is 11.0 Å². The normalized spacial score (nSPS) is 20.5. The van der Waals surface area contributed by atoms with Gasteiger partial charge in [0.25, 0.3) is 5.56 Å². The Morgan fingerprint density at radius 2 is 2.00 bits per heavy atom. The largest absolute Gasteiger partial charge is 0.332 e. The molecule has 21 heavy (non-hydrogen) atoms. The highest BCUT2D eigenvalue weighted by Crippen LogP contribution is 2.38. The van der Waals surface area contributed by atoms with Crippen LogP contribution in [0, 0.1) is 11.8 Å². The topological polar surface area (TPSA) is 86.0 Å². The van der Waals surface area contributed by atoms with Crippen LogP contribution in [0.3, 0.4) is 0 Å². The molecule has 0 bridgehead atoms. The number of carbonyl (C=O) groups is 1. The summed E-state index contributed by atoms with van der Waals surface area (Å²) in [7, 11) is 2.97. The van der Waals surface area contributed by atoms with E-state index in [0.717, 1.165) is 11.0 Å². The average Bonchev–Trinajstić information content (AvgIpc) is 3.20. The highest BCUT2D eigenvalue weighted by Gasteiger charge is 2.39. The van der Waals surface area contributed by atoms with Crippen molar-refractivity contribution in [2.75, 3.05) is 5.32 Å². The first-order valence-electron chi connectivity index (χ1n) is 6.76. The van der Waals surface area contributed by atoms with Gasteiger partial charge in [0.05, 0.1) is 17.3 Å². The fraction of sp³-hybridized carbons (Fsp3) is 0.429. The summed E-state index contributed by atoms with van der Waals surface area (Å²) in [5, 5.41) is 3.08. The number of anilines is 1. The van der Waals surface area contributed by atoms with Crippen LogP contribution in [0.1, 0.15) is 13.3 Å². The van der Waals surface area contributed by atoms with Gasteiger partial charge < -0.3 is 5.32 Å². The summed E-state index contributed by atoms with van der Waals surface area (Å²) in [5.74, 6) is 0.404. The van der Waals surface area contributed by atoms with E-state index in [4.69, 9.17) is 0 Å². The van der Waals surface area contributed by atoms with Crippen molar-refractivity contribution in [1.29, 1.82) is 0 Å². The molecule has 2 unspecified atom stereocenters. The molecule has 110 valence electrons. The molecule has 7 heteroatoms. The fourth-order valence-electron chi connectivity index (χ4n) is 2.46. The van der Waals surface area contributed by atoms with Crippen molar-refractivity contribution in [1.82, 2.24) is 14.1 Å². The highest BCUT2D eigenvalue weighted by atomic mass is 16.2. The SMILES string of the molecule is CC1CC1C(=O)Nc1cnc2c(c1)c(=O)n(C)c(=O)n2C. The minimum Gasteiger partial charge on any atom is -0.324 e. The lowest BCUT2D eigenvalue weighted by molar-refractivity contribution is -0.117. The average molecular weight is 288 g/mol. The standard InChI is InChI=1S/C14H16N4O3/c1-7-4-9(7)12(19)16-8-5-10-11(15-6-8)17(2)14(21)18(3)13(10)20/h5-7,9H,4H2,1-3H3,(H,16,19). The lowest BCUT2D eigenvalue weighted by Gasteiger charge is -2.09. The molecule has 2 aromatic rings. The van der Waals surface area contributed by atoms with Crippen LogP contribution in [0.2, 0.25) is 0 Å². The Kier molecular flexibility index (Phi) is 2.93. The molecule has 0 aromatic carbocycles. The second kappa shape index (κ2) is 4.54. The maximum atomic E-state index is 12.1. The molecular formula is C14H16N4O3. The first-order chi connectivity index (χ1) is 9.90. The number of nitrogens with zero attached hydrogens (tertiary/aromatic N) is 3. The quantitative estimate of drug-likeness (QED) is 0.857. The van der Waals surface area contributed by atoms with Crippen molar-refractivity contribution >= 4 is 22.6 Å². The maximum absolute atomic E-state index is 12.1. The summed E-state index contributed by atoms with van der Waals surface area (Å²) in [5.41, 5.74) is -0.0664. The predicted molar refractivity (Wildman–Crippen MR) is 78.1 cm³/mol. The predicted octanol–water partition coefficient (Wildman–Crippen LogP) is 0.227. The summed E-state index contributed by atoms with van der Waals surface area (Å²) < 4.78 is 2.34. The zero-order valence-electron chi connectivity index (χ0n) is 12.1. The molecule has 2 heterocycles. The maximum Gasteiger partial charge on any atom is 0.332 e. The van der Waals surface area contributed by atoms with E-state index < -0.39 is 11.2 Å². The van der Waals surface area contributed by atoms with E-state index in [-0.39, 0.29) is 11.8 Å². The van der Waals surface area contributed by atoms with Crippen LogP contribution in [-0.4, -0.2) is 20.0 Å². The third kappa shape index (κ3) is 2.14. The van der Waals surface area contributed by atoms with Crippen LogP contribution < -0.4 is 16.6 Å². The number of pyridine rings is 1.